The van der Waals surface area contributed by atoms with Gasteiger partial charge >= 0.3 is 0 Å². The van der Waals surface area contributed by atoms with Crippen molar-refractivity contribution in [3.63, 3.8) is 0 Å². The molecule has 1 atom stereocenters. The van der Waals surface area contributed by atoms with Gasteiger partial charge in [0.05, 0.1) is 0 Å². The Morgan fingerprint density at radius 1 is 1.14 bits per heavy atom. The molecule has 2 saturated carbocycles. The first-order valence-corrected chi connectivity index (χ1v) is 9.18. The van der Waals surface area contributed by atoms with Gasteiger partial charge in [0.25, 0.3) is 0 Å². The second-order valence-corrected chi connectivity index (χ2v) is 7.95. The number of nitrogens with zero attached hydrogens (tertiary/aromatic N) is 1. The molecule has 0 aromatic rings. The van der Waals surface area contributed by atoms with Crippen molar-refractivity contribution in [2.24, 2.45) is 5.92 Å². The first-order chi connectivity index (χ1) is 10.2. The molecule has 122 valence electrons. The molecule has 21 heavy (non-hydrogen) atoms. The van der Waals surface area contributed by atoms with Gasteiger partial charge in [-0.25, -0.2) is 0 Å². The normalized spacial score (nSPS) is 33.4. The lowest BCUT2D eigenvalue weighted by molar-refractivity contribution is -0.0134. The number of methoxy groups -OCH3 is 1. The summed E-state index contributed by atoms with van der Waals surface area (Å²) in [6, 6.07) is 0. The van der Waals surface area contributed by atoms with Gasteiger partial charge in [0, 0.05) is 37.9 Å². The predicted molar refractivity (Wildman–Crippen MR) is 87.6 cm³/mol. The molecule has 1 aliphatic heterocycles. The zero-order valence-electron chi connectivity index (χ0n) is 14.1. The van der Waals surface area contributed by atoms with Gasteiger partial charge in [-0.2, -0.15) is 0 Å². The van der Waals surface area contributed by atoms with Crippen molar-refractivity contribution in [2.45, 2.75) is 75.8 Å². The van der Waals surface area contributed by atoms with Gasteiger partial charge in [-0.3, -0.25) is 4.90 Å². The van der Waals surface area contributed by atoms with Crippen LogP contribution in [-0.2, 0) is 4.74 Å². The minimum absolute atomic E-state index is 0.412. The molecule has 1 spiro atoms. The van der Waals surface area contributed by atoms with Crippen molar-refractivity contribution in [1.82, 2.24) is 10.2 Å². The number of rotatable bonds is 6. The Balaban J connectivity index is 1.63. The van der Waals surface area contributed by atoms with Crippen LogP contribution in [0.1, 0.15) is 64.7 Å². The van der Waals surface area contributed by atoms with Crippen molar-refractivity contribution in [1.29, 1.82) is 0 Å². The van der Waals surface area contributed by atoms with Gasteiger partial charge in [0.15, 0.2) is 0 Å². The Labute approximate surface area is 130 Å². The van der Waals surface area contributed by atoms with E-state index in [1.165, 1.54) is 77.4 Å². The molecule has 1 saturated heterocycles. The van der Waals surface area contributed by atoms with Gasteiger partial charge in [-0.05, 0) is 57.9 Å². The lowest BCUT2D eigenvalue weighted by Crippen LogP contribution is -2.70. The van der Waals surface area contributed by atoms with E-state index in [2.05, 4.69) is 17.1 Å². The number of hydrogen-bond acceptors (Lipinski definition) is 3. The fourth-order valence-corrected chi connectivity index (χ4v) is 4.63. The second-order valence-electron chi connectivity index (χ2n) is 7.95. The summed E-state index contributed by atoms with van der Waals surface area (Å²) >= 11 is 0. The van der Waals surface area contributed by atoms with Crippen LogP contribution in [0.4, 0.5) is 0 Å². The van der Waals surface area contributed by atoms with E-state index in [1.54, 1.807) is 0 Å². The zero-order valence-corrected chi connectivity index (χ0v) is 14.1. The molecule has 1 N–H and O–H groups in total. The highest BCUT2D eigenvalue weighted by Gasteiger charge is 2.51. The highest BCUT2D eigenvalue weighted by Crippen LogP contribution is 2.46. The minimum atomic E-state index is 0.412. The van der Waals surface area contributed by atoms with E-state index in [4.69, 9.17) is 4.74 Å². The summed E-state index contributed by atoms with van der Waals surface area (Å²) in [6.07, 6.45) is 12.4. The maximum atomic E-state index is 5.22. The van der Waals surface area contributed by atoms with Gasteiger partial charge in [0.2, 0.25) is 0 Å². The molecule has 0 amide bonds. The molecule has 3 nitrogen and oxygen atoms in total. The van der Waals surface area contributed by atoms with Crippen molar-refractivity contribution >= 4 is 0 Å². The Morgan fingerprint density at radius 2 is 1.90 bits per heavy atom. The molecule has 1 heterocycles. The molecule has 0 bridgehead atoms. The average molecular weight is 294 g/mol. The van der Waals surface area contributed by atoms with Gasteiger partial charge in [-0.1, -0.05) is 19.3 Å². The van der Waals surface area contributed by atoms with Crippen LogP contribution in [0.2, 0.25) is 0 Å². The monoisotopic (exact) mass is 294 g/mol. The zero-order chi connectivity index (χ0) is 14.8. The van der Waals surface area contributed by atoms with Crippen LogP contribution < -0.4 is 5.32 Å². The maximum absolute atomic E-state index is 5.22. The fourth-order valence-electron chi connectivity index (χ4n) is 4.63. The Bertz CT molecular complexity index is 336. The molecule has 0 aromatic carbocycles. The van der Waals surface area contributed by atoms with Crippen molar-refractivity contribution in [3.05, 3.63) is 0 Å². The molecule has 0 aromatic heterocycles. The largest absolute Gasteiger partial charge is 0.385 e. The lowest BCUT2D eigenvalue weighted by atomic mass is 9.76. The smallest absolute Gasteiger partial charge is 0.0462 e. The Morgan fingerprint density at radius 3 is 2.57 bits per heavy atom. The number of hydrogen-bond donors (Lipinski definition) is 1. The van der Waals surface area contributed by atoms with E-state index in [0.29, 0.717) is 11.1 Å². The molecule has 3 fully saturated rings. The van der Waals surface area contributed by atoms with E-state index in [9.17, 15) is 0 Å². The number of nitrogens with one attached hydrogen (secondary N) is 1. The summed E-state index contributed by atoms with van der Waals surface area (Å²) in [5.74, 6) is 0.938. The van der Waals surface area contributed by atoms with Crippen LogP contribution in [0.15, 0.2) is 0 Å². The quantitative estimate of drug-likeness (QED) is 0.761. The third-order valence-corrected chi connectivity index (χ3v) is 6.33. The molecule has 3 heteroatoms. The molecular formula is C18H34N2O. The first-order valence-electron chi connectivity index (χ1n) is 9.18. The van der Waals surface area contributed by atoms with Crippen molar-refractivity contribution in [2.75, 3.05) is 33.4 Å². The lowest BCUT2D eigenvalue weighted by Gasteiger charge is -2.55. The number of ether oxygens (including phenoxy) is 1. The van der Waals surface area contributed by atoms with E-state index in [0.717, 1.165) is 12.5 Å². The van der Waals surface area contributed by atoms with Gasteiger partial charge in [0.1, 0.15) is 0 Å². The first kappa shape index (κ1) is 15.8. The van der Waals surface area contributed by atoms with Crippen LogP contribution in [0.25, 0.3) is 0 Å². The molecule has 2 aliphatic carbocycles. The average Bonchev–Trinajstić information content (AvgIpc) is 3.34. The molecule has 3 rings (SSSR count). The molecule has 1 unspecified atom stereocenters. The standard InChI is InChI=1S/C18H34N2O/c1-17(16-8-9-16)14-19-18(10-4-3-5-11-18)15-20(17)12-6-7-13-21-2/h16,19H,3-15H2,1-2H3. The summed E-state index contributed by atoms with van der Waals surface area (Å²) in [4.78, 5) is 2.86. The van der Waals surface area contributed by atoms with Crippen LogP contribution in [0.3, 0.4) is 0 Å². The van der Waals surface area contributed by atoms with E-state index < -0.39 is 0 Å². The minimum Gasteiger partial charge on any atom is -0.385 e. The molecule has 3 aliphatic rings. The third kappa shape index (κ3) is 3.46. The SMILES string of the molecule is COCCCCN1CC2(CCCCC2)NCC1(C)C1CC1. The van der Waals surface area contributed by atoms with Crippen LogP contribution in [0.5, 0.6) is 0 Å². The Hall–Kier alpha value is -0.120. The van der Waals surface area contributed by atoms with Crippen LogP contribution in [0, 0.1) is 5.92 Å². The van der Waals surface area contributed by atoms with E-state index >= 15 is 0 Å². The summed E-state index contributed by atoms with van der Waals surface area (Å²) in [5.41, 5.74) is 0.851. The molecule has 0 radical (unpaired) electrons. The summed E-state index contributed by atoms with van der Waals surface area (Å²) in [5, 5.41) is 4.01. The van der Waals surface area contributed by atoms with E-state index in [-0.39, 0.29) is 0 Å². The summed E-state index contributed by atoms with van der Waals surface area (Å²) in [6.45, 7) is 7.19. The maximum Gasteiger partial charge on any atom is 0.0462 e. The highest BCUT2D eigenvalue weighted by molar-refractivity contribution is 5.09. The van der Waals surface area contributed by atoms with Crippen LogP contribution in [-0.4, -0.2) is 49.3 Å². The van der Waals surface area contributed by atoms with Crippen molar-refractivity contribution in [3.8, 4) is 0 Å². The van der Waals surface area contributed by atoms with Crippen LogP contribution >= 0.6 is 0 Å². The van der Waals surface area contributed by atoms with Gasteiger partial charge < -0.3 is 10.1 Å². The number of piperazine rings is 1. The highest BCUT2D eigenvalue weighted by atomic mass is 16.5. The summed E-state index contributed by atoms with van der Waals surface area (Å²) < 4.78 is 5.22. The topological polar surface area (TPSA) is 24.5 Å². The van der Waals surface area contributed by atoms with Gasteiger partial charge in [-0.15, -0.1) is 0 Å². The van der Waals surface area contributed by atoms with Crippen molar-refractivity contribution < 1.29 is 4.74 Å². The van der Waals surface area contributed by atoms with E-state index in [1.807, 2.05) is 7.11 Å². The number of unbranched alkanes of at least 4 members (excludes halogenated alkanes) is 1. The summed E-state index contributed by atoms with van der Waals surface area (Å²) in [7, 11) is 1.82. The second kappa shape index (κ2) is 6.55. The predicted octanol–water partition coefficient (Wildman–Crippen LogP) is 3.19. The third-order valence-electron chi connectivity index (χ3n) is 6.33. The molecular weight excluding hydrogens is 260 g/mol. The Kier molecular flexibility index (Phi) is 4.92. The fraction of sp³-hybridized carbons (Fsp3) is 1.00.